The van der Waals surface area contributed by atoms with Gasteiger partial charge in [-0.05, 0) is 50.7 Å². The van der Waals surface area contributed by atoms with Crippen molar-refractivity contribution in [3.63, 3.8) is 0 Å². The van der Waals surface area contributed by atoms with Crippen LogP contribution < -0.4 is 21.3 Å². The molecule has 0 atom stereocenters. The number of anilines is 3. The zero-order valence-electron chi connectivity index (χ0n) is 19.5. The van der Waals surface area contributed by atoms with Crippen molar-refractivity contribution in [3.8, 4) is 0 Å². The quantitative estimate of drug-likeness (QED) is 0.354. The van der Waals surface area contributed by atoms with Crippen molar-refractivity contribution >= 4 is 40.3 Å². The summed E-state index contributed by atoms with van der Waals surface area (Å²) >= 11 is 5.96. The van der Waals surface area contributed by atoms with Crippen molar-refractivity contribution < 1.29 is 4.79 Å². The molecule has 0 spiro atoms. The third-order valence-corrected chi connectivity index (χ3v) is 6.48. The maximum absolute atomic E-state index is 13.0. The zero-order chi connectivity index (χ0) is 23.7. The number of fused-ring (bicyclic) bond motifs is 1. The molecule has 3 aromatic rings. The smallest absolute Gasteiger partial charge is 0.276 e. The van der Waals surface area contributed by atoms with Gasteiger partial charge in [-0.3, -0.25) is 4.79 Å². The van der Waals surface area contributed by atoms with Crippen LogP contribution in [0.5, 0.6) is 0 Å². The number of carbonyl (C=O) groups is 1. The fraction of sp³-hybridized carbons (Fsp3) is 0.500. The maximum atomic E-state index is 13.0. The van der Waals surface area contributed by atoms with Gasteiger partial charge in [0.05, 0.1) is 11.9 Å². The van der Waals surface area contributed by atoms with Gasteiger partial charge in [0, 0.05) is 42.1 Å². The predicted molar refractivity (Wildman–Crippen MR) is 135 cm³/mol. The standard InChI is InChI=1S/C24H31ClN8O/c1-14(2)28-15-3-7-17(8-4-15)30-22-12-19(29-16-5-6-16)23-27-13-20(33(23)32-22)24(34)31-18-9-10-26-21(25)11-18/h9-17,28-29H,3-8H2,1-2H3,(H,30,32)(H,26,31,34). The summed E-state index contributed by atoms with van der Waals surface area (Å²) in [7, 11) is 0. The van der Waals surface area contributed by atoms with Crippen molar-refractivity contribution in [2.24, 2.45) is 0 Å². The van der Waals surface area contributed by atoms with Gasteiger partial charge in [-0.1, -0.05) is 25.4 Å². The summed E-state index contributed by atoms with van der Waals surface area (Å²) < 4.78 is 1.62. The molecule has 180 valence electrons. The van der Waals surface area contributed by atoms with Crippen LogP contribution in [0.1, 0.15) is 62.9 Å². The fourth-order valence-corrected chi connectivity index (χ4v) is 4.68. The molecule has 0 aromatic carbocycles. The second-order valence-electron chi connectivity index (χ2n) is 9.58. The first kappa shape index (κ1) is 22.9. The summed E-state index contributed by atoms with van der Waals surface area (Å²) in [6, 6.07) is 7.19. The third kappa shape index (κ3) is 5.42. The van der Waals surface area contributed by atoms with Gasteiger partial charge < -0.3 is 21.3 Å². The average molecular weight is 483 g/mol. The number of rotatable bonds is 8. The highest BCUT2D eigenvalue weighted by Gasteiger charge is 2.26. The molecule has 3 heterocycles. The highest BCUT2D eigenvalue weighted by Crippen LogP contribution is 2.30. The second kappa shape index (κ2) is 9.76. The van der Waals surface area contributed by atoms with Crippen LogP contribution in [-0.4, -0.2) is 49.7 Å². The Kier molecular flexibility index (Phi) is 6.56. The molecule has 0 saturated heterocycles. The Balaban J connectivity index is 1.37. The van der Waals surface area contributed by atoms with Gasteiger partial charge in [-0.15, -0.1) is 5.10 Å². The van der Waals surface area contributed by atoms with E-state index in [0.29, 0.717) is 46.3 Å². The largest absolute Gasteiger partial charge is 0.379 e. The van der Waals surface area contributed by atoms with E-state index in [9.17, 15) is 4.79 Å². The number of carbonyl (C=O) groups excluding carboxylic acids is 1. The molecule has 0 radical (unpaired) electrons. The summed E-state index contributed by atoms with van der Waals surface area (Å²) in [6.45, 7) is 4.39. The van der Waals surface area contributed by atoms with E-state index >= 15 is 0 Å². The van der Waals surface area contributed by atoms with E-state index < -0.39 is 0 Å². The van der Waals surface area contributed by atoms with Crippen molar-refractivity contribution in [3.05, 3.63) is 41.4 Å². The molecular weight excluding hydrogens is 452 g/mol. The highest BCUT2D eigenvalue weighted by atomic mass is 35.5. The Morgan fingerprint density at radius 2 is 1.74 bits per heavy atom. The first-order chi connectivity index (χ1) is 16.4. The molecule has 0 bridgehead atoms. The van der Waals surface area contributed by atoms with Crippen LogP contribution in [-0.2, 0) is 0 Å². The number of imidazole rings is 1. The minimum absolute atomic E-state index is 0.308. The van der Waals surface area contributed by atoms with E-state index in [4.69, 9.17) is 16.7 Å². The SMILES string of the molecule is CC(C)NC1CCC(Nc2cc(NC3CC3)c3ncc(C(=O)Nc4ccnc(Cl)c4)n3n2)CC1. The molecule has 2 fully saturated rings. The number of amides is 1. The van der Waals surface area contributed by atoms with E-state index in [1.54, 1.807) is 29.0 Å². The highest BCUT2D eigenvalue weighted by molar-refractivity contribution is 6.29. The number of hydrogen-bond donors (Lipinski definition) is 4. The van der Waals surface area contributed by atoms with Crippen molar-refractivity contribution in [2.45, 2.75) is 76.5 Å². The van der Waals surface area contributed by atoms with Crippen LogP contribution in [0.4, 0.5) is 17.2 Å². The van der Waals surface area contributed by atoms with Gasteiger partial charge >= 0.3 is 0 Å². The molecule has 10 heteroatoms. The normalized spacial score (nSPS) is 20.5. The first-order valence-corrected chi connectivity index (χ1v) is 12.4. The Labute approximate surface area is 204 Å². The summed E-state index contributed by atoms with van der Waals surface area (Å²) in [5.74, 6) is 0.437. The monoisotopic (exact) mass is 482 g/mol. The van der Waals surface area contributed by atoms with Gasteiger partial charge in [-0.25, -0.2) is 14.5 Å². The number of nitrogens with one attached hydrogen (secondary N) is 4. The fourth-order valence-electron chi connectivity index (χ4n) is 4.51. The van der Waals surface area contributed by atoms with Gasteiger partial charge in [-0.2, -0.15) is 0 Å². The Morgan fingerprint density at radius 3 is 2.44 bits per heavy atom. The lowest BCUT2D eigenvalue weighted by molar-refractivity contribution is 0.102. The minimum Gasteiger partial charge on any atom is -0.379 e. The van der Waals surface area contributed by atoms with Gasteiger partial charge in [0.2, 0.25) is 0 Å². The Morgan fingerprint density at radius 1 is 1.03 bits per heavy atom. The molecule has 1 amide bonds. The average Bonchev–Trinajstić information content (AvgIpc) is 3.50. The predicted octanol–water partition coefficient (Wildman–Crippen LogP) is 4.33. The van der Waals surface area contributed by atoms with Crippen molar-refractivity contribution in [1.29, 1.82) is 0 Å². The maximum Gasteiger partial charge on any atom is 0.276 e. The van der Waals surface area contributed by atoms with Gasteiger partial charge in [0.1, 0.15) is 11.0 Å². The molecule has 2 aliphatic carbocycles. The molecule has 3 aromatic heterocycles. The van der Waals surface area contributed by atoms with Crippen LogP contribution in [0.25, 0.3) is 5.65 Å². The van der Waals surface area contributed by atoms with Gasteiger partial charge in [0.25, 0.3) is 5.91 Å². The summed E-state index contributed by atoms with van der Waals surface area (Å²) in [5.41, 5.74) is 2.45. The van der Waals surface area contributed by atoms with Crippen LogP contribution >= 0.6 is 11.6 Å². The number of nitrogens with zero attached hydrogens (tertiary/aromatic N) is 4. The molecule has 0 aliphatic heterocycles. The first-order valence-electron chi connectivity index (χ1n) is 12.1. The van der Waals surface area contributed by atoms with Crippen molar-refractivity contribution in [2.75, 3.05) is 16.0 Å². The van der Waals surface area contributed by atoms with E-state index in [1.165, 1.54) is 0 Å². The Bertz CT molecular complexity index is 1170. The number of aromatic nitrogens is 4. The lowest BCUT2D eigenvalue weighted by Crippen LogP contribution is -2.40. The van der Waals surface area contributed by atoms with Crippen LogP contribution in [0.2, 0.25) is 5.15 Å². The van der Waals surface area contributed by atoms with Crippen LogP contribution in [0, 0.1) is 0 Å². The molecule has 9 nitrogen and oxygen atoms in total. The number of halogens is 1. The summed E-state index contributed by atoms with van der Waals surface area (Å²) in [6.07, 6.45) is 9.82. The van der Waals surface area contributed by atoms with Gasteiger partial charge in [0.15, 0.2) is 11.3 Å². The van der Waals surface area contributed by atoms with Crippen molar-refractivity contribution in [1.82, 2.24) is 24.9 Å². The minimum atomic E-state index is -0.308. The summed E-state index contributed by atoms with van der Waals surface area (Å²) in [5, 5.41) is 18.7. The van der Waals surface area contributed by atoms with Crippen LogP contribution in [0.15, 0.2) is 30.6 Å². The topological polar surface area (TPSA) is 108 Å². The second-order valence-corrected chi connectivity index (χ2v) is 9.96. The summed E-state index contributed by atoms with van der Waals surface area (Å²) in [4.78, 5) is 21.5. The molecule has 2 aliphatic rings. The Hall–Kier alpha value is -2.91. The molecule has 34 heavy (non-hydrogen) atoms. The number of pyridine rings is 1. The molecule has 2 saturated carbocycles. The lowest BCUT2D eigenvalue weighted by Gasteiger charge is -2.31. The van der Waals surface area contributed by atoms with Crippen LogP contribution in [0.3, 0.4) is 0 Å². The number of hydrogen-bond acceptors (Lipinski definition) is 7. The molecular formula is C24H31ClN8O. The van der Waals surface area contributed by atoms with E-state index in [1.807, 2.05) is 6.07 Å². The molecule has 5 rings (SSSR count). The van der Waals surface area contributed by atoms with E-state index in [2.05, 4.69) is 45.1 Å². The van der Waals surface area contributed by atoms with E-state index in [-0.39, 0.29) is 5.91 Å². The molecule has 0 unspecified atom stereocenters. The lowest BCUT2D eigenvalue weighted by atomic mass is 9.91. The zero-order valence-corrected chi connectivity index (χ0v) is 20.3. The van der Waals surface area contributed by atoms with E-state index in [0.717, 1.165) is 50.0 Å². The molecule has 4 N–H and O–H groups in total. The third-order valence-electron chi connectivity index (χ3n) is 6.27.